The van der Waals surface area contributed by atoms with E-state index in [0.29, 0.717) is 63.5 Å². The van der Waals surface area contributed by atoms with Gasteiger partial charge in [0.1, 0.15) is 5.82 Å². The highest BCUT2D eigenvalue weighted by molar-refractivity contribution is 7.99. The smallest absolute Gasteiger partial charge is 0.257 e. The third-order valence-electron chi connectivity index (χ3n) is 6.06. The van der Waals surface area contributed by atoms with Crippen LogP contribution in [0.1, 0.15) is 43.7 Å². The Morgan fingerprint density at radius 2 is 1.82 bits per heavy atom. The second-order valence-electron chi connectivity index (χ2n) is 9.08. The van der Waals surface area contributed by atoms with Gasteiger partial charge >= 0.3 is 0 Å². The number of ketones is 1. The summed E-state index contributed by atoms with van der Waals surface area (Å²) in [7, 11) is 4.60. The number of hydrogen-bond acceptors (Lipinski definition) is 8. The monoisotopic (exact) mass is 483 g/mol. The molecule has 0 saturated heterocycles. The average Bonchev–Trinajstić information content (AvgIpc) is 2.79. The van der Waals surface area contributed by atoms with Gasteiger partial charge in [0, 0.05) is 29.4 Å². The molecule has 1 aliphatic heterocycles. The summed E-state index contributed by atoms with van der Waals surface area (Å²) in [6, 6.07) is 3.58. The maximum Gasteiger partial charge on any atom is 0.257 e. The Hall–Kier alpha value is -3.20. The number of hydrogen-bond donors (Lipinski definition) is 2. The first-order chi connectivity index (χ1) is 16.2. The number of fused-ring (bicyclic) bond motifs is 1. The number of benzene rings is 1. The standard InChI is InChI=1S/C25H29N3O5S/c1-7-8-34-24-27-22-20(23(30)28-24)18(19-14(26-22)11-25(2,3)12-15(19)29)13-9-16(31-4)21(33-6)17(10-13)32-5/h7,9-10,18H,1,8,11-12H2,2-6H3,(H2,26,27,28,30). The molecule has 0 radical (unpaired) electrons. The highest BCUT2D eigenvalue weighted by Crippen LogP contribution is 2.50. The number of rotatable bonds is 7. The Bertz CT molecular complexity index is 1220. The zero-order chi connectivity index (χ0) is 24.6. The van der Waals surface area contributed by atoms with Crippen molar-refractivity contribution >= 4 is 23.4 Å². The average molecular weight is 484 g/mol. The normalized spacial score (nSPS) is 18.5. The fraction of sp³-hybridized carbons (Fsp3) is 0.400. The van der Waals surface area contributed by atoms with E-state index in [4.69, 9.17) is 14.2 Å². The second-order valence-corrected chi connectivity index (χ2v) is 10.1. The van der Waals surface area contributed by atoms with Crippen molar-refractivity contribution in [2.75, 3.05) is 32.4 Å². The molecule has 2 heterocycles. The van der Waals surface area contributed by atoms with E-state index in [-0.39, 0.29) is 16.8 Å². The predicted octanol–water partition coefficient (Wildman–Crippen LogP) is 4.27. The summed E-state index contributed by atoms with van der Waals surface area (Å²) in [4.78, 5) is 34.4. The van der Waals surface area contributed by atoms with Crippen molar-refractivity contribution < 1.29 is 19.0 Å². The van der Waals surface area contributed by atoms with Crippen molar-refractivity contribution in [3.8, 4) is 17.2 Å². The SMILES string of the molecule is C=CCSc1nc2c(c(=O)[nH]1)C(c1cc(OC)c(OC)c(OC)c1)C1=C(CC(C)(C)CC1=O)N2. The second kappa shape index (κ2) is 9.21. The lowest BCUT2D eigenvalue weighted by atomic mass is 9.69. The third kappa shape index (κ3) is 4.20. The molecule has 0 amide bonds. The molecule has 1 aromatic carbocycles. The molecule has 9 heteroatoms. The molecular formula is C25H29N3O5S. The number of nitrogens with one attached hydrogen (secondary N) is 2. The van der Waals surface area contributed by atoms with Gasteiger partial charge < -0.3 is 24.5 Å². The van der Waals surface area contributed by atoms with Crippen LogP contribution >= 0.6 is 11.8 Å². The molecule has 180 valence electrons. The number of anilines is 1. The Morgan fingerprint density at radius 3 is 2.41 bits per heavy atom. The van der Waals surface area contributed by atoms with Gasteiger partial charge in [-0.1, -0.05) is 31.7 Å². The highest BCUT2D eigenvalue weighted by Gasteiger charge is 2.43. The van der Waals surface area contributed by atoms with Gasteiger partial charge in [-0.2, -0.15) is 0 Å². The molecule has 1 unspecified atom stereocenters. The summed E-state index contributed by atoms with van der Waals surface area (Å²) in [5.41, 5.74) is 1.96. The number of carbonyl (C=O) groups excluding carboxylic acids is 1. The van der Waals surface area contributed by atoms with Crippen LogP contribution in [0.15, 0.2) is 46.0 Å². The number of Topliss-reactive ketones (excluding diaryl/α,β-unsaturated/α-hetero) is 1. The number of methoxy groups -OCH3 is 3. The van der Waals surface area contributed by atoms with Crippen LogP contribution in [-0.4, -0.2) is 42.8 Å². The van der Waals surface area contributed by atoms with Crippen molar-refractivity contribution in [3.63, 3.8) is 0 Å². The largest absolute Gasteiger partial charge is 0.493 e. The molecule has 0 bridgehead atoms. The molecule has 4 rings (SSSR count). The minimum atomic E-state index is -0.627. The number of thioether (sulfide) groups is 1. The van der Waals surface area contributed by atoms with Gasteiger partial charge in [0.2, 0.25) is 5.75 Å². The van der Waals surface area contributed by atoms with Gasteiger partial charge in [-0.05, 0) is 29.5 Å². The molecular weight excluding hydrogens is 454 g/mol. The third-order valence-corrected chi connectivity index (χ3v) is 6.93. The molecule has 0 saturated carbocycles. The molecule has 2 N–H and O–H groups in total. The van der Waals surface area contributed by atoms with Gasteiger partial charge in [-0.3, -0.25) is 9.59 Å². The summed E-state index contributed by atoms with van der Waals surface area (Å²) >= 11 is 1.39. The van der Waals surface area contributed by atoms with Crippen molar-refractivity contribution in [2.24, 2.45) is 5.41 Å². The van der Waals surface area contributed by atoms with Gasteiger partial charge in [-0.25, -0.2) is 4.98 Å². The number of H-pyrrole nitrogens is 1. The van der Waals surface area contributed by atoms with Crippen LogP contribution in [0.4, 0.5) is 5.82 Å². The van der Waals surface area contributed by atoms with E-state index in [1.54, 1.807) is 18.2 Å². The van der Waals surface area contributed by atoms with Crippen LogP contribution in [0, 0.1) is 5.41 Å². The first-order valence-corrected chi connectivity index (χ1v) is 11.9. The molecule has 0 spiro atoms. The maximum atomic E-state index is 13.5. The number of aromatic nitrogens is 2. The fourth-order valence-corrected chi connectivity index (χ4v) is 5.30. The lowest BCUT2D eigenvalue weighted by molar-refractivity contribution is -0.118. The molecule has 1 aliphatic carbocycles. The molecule has 1 aromatic heterocycles. The van der Waals surface area contributed by atoms with Crippen molar-refractivity contribution in [1.29, 1.82) is 0 Å². The van der Waals surface area contributed by atoms with Crippen LogP contribution < -0.4 is 25.1 Å². The first-order valence-electron chi connectivity index (χ1n) is 10.9. The van der Waals surface area contributed by atoms with E-state index in [0.717, 1.165) is 5.70 Å². The summed E-state index contributed by atoms with van der Waals surface area (Å²) < 4.78 is 16.6. The zero-order valence-corrected chi connectivity index (χ0v) is 20.9. The van der Waals surface area contributed by atoms with Crippen LogP contribution in [0.3, 0.4) is 0 Å². The Balaban J connectivity index is 1.98. The maximum absolute atomic E-state index is 13.5. The summed E-state index contributed by atoms with van der Waals surface area (Å²) in [6.07, 6.45) is 2.81. The lowest BCUT2D eigenvalue weighted by Gasteiger charge is -2.38. The number of nitrogens with zero attached hydrogens (tertiary/aromatic N) is 1. The minimum Gasteiger partial charge on any atom is -0.493 e. The van der Waals surface area contributed by atoms with E-state index in [9.17, 15) is 9.59 Å². The van der Waals surface area contributed by atoms with Crippen molar-refractivity contribution in [2.45, 2.75) is 37.8 Å². The Kier molecular flexibility index (Phi) is 6.49. The number of aromatic amines is 1. The number of allylic oxidation sites excluding steroid dienone is 2. The van der Waals surface area contributed by atoms with E-state index >= 15 is 0 Å². The van der Waals surface area contributed by atoms with Crippen molar-refractivity contribution in [1.82, 2.24) is 9.97 Å². The minimum absolute atomic E-state index is 0.00709. The van der Waals surface area contributed by atoms with Crippen LogP contribution in [-0.2, 0) is 4.79 Å². The van der Waals surface area contributed by atoms with Gasteiger partial charge in [0.25, 0.3) is 5.56 Å². The molecule has 2 aliphatic rings. The summed E-state index contributed by atoms with van der Waals surface area (Å²) in [5, 5.41) is 3.81. The fourth-order valence-electron chi connectivity index (χ4n) is 4.70. The molecule has 0 fully saturated rings. The first kappa shape index (κ1) is 23.9. The predicted molar refractivity (Wildman–Crippen MR) is 132 cm³/mol. The molecule has 2 aromatic rings. The van der Waals surface area contributed by atoms with Gasteiger partial charge in [0.15, 0.2) is 22.4 Å². The number of ether oxygens (including phenoxy) is 3. The van der Waals surface area contributed by atoms with Gasteiger partial charge in [0.05, 0.1) is 26.9 Å². The molecule has 8 nitrogen and oxygen atoms in total. The van der Waals surface area contributed by atoms with E-state index in [1.165, 1.54) is 33.1 Å². The topological polar surface area (TPSA) is 103 Å². The summed E-state index contributed by atoms with van der Waals surface area (Å²) in [6.45, 7) is 7.86. The zero-order valence-electron chi connectivity index (χ0n) is 20.0. The van der Waals surface area contributed by atoms with Crippen LogP contribution in [0.2, 0.25) is 0 Å². The van der Waals surface area contributed by atoms with E-state index in [1.807, 2.05) is 0 Å². The Labute approximate surface area is 202 Å². The van der Waals surface area contributed by atoms with Crippen molar-refractivity contribution in [3.05, 3.63) is 57.5 Å². The molecule has 34 heavy (non-hydrogen) atoms. The highest BCUT2D eigenvalue weighted by atomic mass is 32.2. The quantitative estimate of drug-likeness (QED) is 0.342. The Morgan fingerprint density at radius 1 is 1.15 bits per heavy atom. The lowest BCUT2D eigenvalue weighted by Crippen LogP contribution is -2.37. The van der Waals surface area contributed by atoms with Crippen LogP contribution in [0.25, 0.3) is 0 Å². The van der Waals surface area contributed by atoms with E-state index in [2.05, 4.69) is 35.7 Å². The van der Waals surface area contributed by atoms with E-state index < -0.39 is 5.92 Å². The van der Waals surface area contributed by atoms with Crippen LogP contribution in [0.5, 0.6) is 17.2 Å². The van der Waals surface area contributed by atoms with Gasteiger partial charge in [-0.15, -0.1) is 6.58 Å². The summed E-state index contributed by atoms with van der Waals surface area (Å²) in [5.74, 6) is 1.79. The number of carbonyl (C=O) groups is 1. The molecule has 1 atom stereocenters.